The van der Waals surface area contributed by atoms with Crippen molar-refractivity contribution in [1.82, 2.24) is 19.4 Å². The van der Waals surface area contributed by atoms with Crippen LogP contribution in [0.2, 0.25) is 0 Å². The van der Waals surface area contributed by atoms with Gasteiger partial charge >= 0.3 is 0 Å². The number of imidazole rings is 1. The average molecular weight is 328 g/mol. The van der Waals surface area contributed by atoms with Gasteiger partial charge in [-0.05, 0) is 43.2 Å². The predicted octanol–water partition coefficient (Wildman–Crippen LogP) is 3.51. The van der Waals surface area contributed by atoms with Crippen molar-refractivity contribution in [2.24, 2.45) is 0 Å². The van der Waals surface area contributed by atoms with E-state index in [1.165, 1.54) is 6.42 Å². The fourth-order valence-corrected chi connectivity index (χ4v) is 4.19. The zero-order valence-electron chi connectivity index (χ0n) is 12.9. The Kier molecular flexibility index (Phi) is 3.91. The lowest BCUT2D eigenvalue weighted by Gasteiger charge is -2.35. The van der Waals surface area contributed by atoms with Gasteiger partial charge in [-0.25, -0.2) is 4.98 Å². The Morgan fingerprint density at radius 1 is 1.43 bits per heavy atom. The predicted molar refractivity (Wildman–Crippen MR) is 91.7 cm³/mol. The van der Waals surface area contributed by atoms with E-state index in [4.69, 9.17) is 0 Å². The topological polar surface area (TPSA) is 53.9 Å². The van der Waals surface area contributed by atoms with Gasteiger partial charge in [-0.2, -0.15) is 0 Å². The number of carbonyl (C=O) groups is 1. The molecule has 1 saturated heterocycles. The second-order valence-corrected chi connectivity index (χ2v) is 7.07. The van der Waals surface area contributed by atoms with Gasteiger partial charge in [0.05, 0.1) is 16.5 Å². The number of likely N-dealkylation sites (tertiary alicyclic amines) is 1. The van der Waals surface area contributed by atoms with Gasteiger partial charge in [0.15, 0.2) is 0 Å². The number of carbonyl (C=O) groups excluding carboxylic acids is 1. The summed E-state index contributed by atoms with van der Waals surface area (Å²) in [6, 6.07) is 4.34. The molecule has 4 rings (SSSR count). The number of aryl methyl sites for hydroxylation is 1. The maximum absolute atomic E-state index is 12.9. The van der Waals surface area contributed by atoms with Crippen LogP contribution < -0.4 is 0 Å². The van der Waals surface area contributed by atoms with Crippen molar-refractivity contribution in [2.75, 3.05) is 6.54 Å². The molecule has 120 valence electrons. The molecular weight excluding hydrogens is 308 g/mol. The monoisotopic (exact) mass is 328 g/mol. The molecule has 0 spiro atoms. The summed E-state index contributed by atoms with van der Waals surface area (Å²) >= 11 is 1.67. The highest BCUT2D eigenvalue weighted by Gasteiger charge is 2.28. The summed E-state index contributed by atoms with van der Waals surface area (Å²) in [5, 5.41) is 2.05. The number of amides is 1. The highest BCUT2D eigenvalue weighted by molar-refractivity contribution is 7.17. The highest BCUT2D eigenvalue weighted by Crippen LogP contribution is 2.26. The standard InChI is InChI=1S/C17H20N4OS/c22-17(15-11-16-14(19-15)5-10-23-16)21-7-2-1-3-13(21)4-8-20-9-6-18-12-20/h5-6,9-13,19H,1-4,7-8H2/t13-/m1/s1. The Morgan fingerprint density at radius 2 is 2.39 bits per heavy atom. The Labute approximate surface area is 138 Å². The van der Waals surface area contributed by atoms with E-state index >= 15 is 0 Å². The zero-order chi connectivity index (χ0) is 15.6. The SMILES string of the molecule is O=C(c1cc2sccc2[nH]1)N1CCCC[C@@H]1CCn1ccnc1. The van der Waals surface area contributed by atoms with E-state index in [1.54, 1.807) is 17.5 Å². The first-order valence-corrected chi connectivity index (χ1v) is 9.02. The van der Waals surface area contributed by atoms with Crippen molar-refractivity contribution >= 4 is 27.5 Å². The maximum Gasteiger partial charge on any atom is 0.270 e. The summed E-state index contributed by atoms with van der Waals surface area (Å²) in [6.45, 7) is 1.77. The molecule has 0 radical (unpaired) electrons. The number of H-pyrrole nitrogens is 1. The van der Waals surface area contributed by atoms with Crippen LogP contribution in [0.15, 0.2) is 36.2 Å². The van der Waals surface area contributed by atoms with E-state index in [-0.39, 0.29) is 5.91 Å². The third-order valence-electron chi connectivity index (χ3n) is 4.64. The molecule has 6 heteroatoms. The Morgan fingerprint density at radius 3 is 3.22 bits per heavy atom. The van der Waals surface area contributed by atoms with Crippen LogP contribution in [0, 0.1) is 0 Å². The van der Waals surface area contributed by atoms with Gasteiger partial charge in [0, 0.05) is 31.5 Å². The van der Waals surface area contributed by atoms with Gasteiger partial charge in [0.2, 0.25) is 0 Å². The quantitative estimate of drug-likeness (QED) is 0.797. The van der Waals surface area contributed by atoms with E-state index in [2.05, 4.69) is 19.4 Å². The Bertz CT molecular complexity index is 760. The minimum absolute atomic E-state index is 0.142. The Hall–Kier alpha value is -2.08. The minimum atomic E-state index is 0.142. The lowest BCUT2D eigenvalue weighted by Crippen LogP contribution is -2.44. The number of rotatable bonds is 4. The summed E-state index contributed by atoms with van der Waals surface area (Å²) in [7, 11) is 0. The molecule has 0 aromatic carbocycles. The van der Waals surface area contributed by atoms with Crippen LogP contribution in [0.1, 0.15) is 36.2 Å². The lowest BCUT2D eigenvalue weighted by molar-refractivity contribution is 0.0590. The molecule has 0 unspecified atom stereocenters. The summed E-state index contributed by atoms with van der Waals surface area (Å²) in [5.41, 5.74) is 1.78. The number of aromatic nitrogens is 3. The van der Waals surface area contributed by atoms with E-state index in [1.807, 2.05) is 30.0 Å². The van der Waals surface area contributed by atoms with E-state index < -0.39 is 0 Å². The maximum atomic E-state index is 12.9. The largest absolute Gasteiger partial charge is 0.350 e. The molecule has 4 heterocycles. The number of fused-ring (bicyclic) bond motifs is 1. The molecule has 1 fully saturated rings. The molecule has 5 nitrogen and oxygen atoms in total. The second kappa shape index (κ2) is 6.20. The fraction of sp³-hybridized carbons (Fsp3) is 0.412. The van der Waals surface area contributed by atoms with Crippen LogP contribution in [0.5, 0.6) is 0 Å². The fourth-order valence-electron chi connectivity index (χ4n) is 3.40. The van der Waals surface area contributed by atoms with E-state index in [9.17, 15) is 4.79 Å². The number of hydrogen-bond donors (Lipinski definition) is 1. The summed E-state index contributed by atoms with van der Waals surface area (Å²) in [4.78, 5) is 22.3. The van der Waals surface area contributed by atoms with Crippen LogP contribution in [0.4, 0.5) is 0 Å². The first-order chi connectivity index (χ1) is 11.3. The van der Waals surface area contributed by atoms with E-state index in [0.717, 1.165) is 48.3 Å². The van der Waals surface area contributed by atoms with Crippen molar-refractivity contribution in [1.29, 1.82) is 0 Å². The molecule has 0 saturated carbocycles. The van der Waals surface area contributed by atoms with Crippen molar-refractivity contribution in [2.45, 2.75) is 38.3 Å². The average Bonchev–Trinajstić information content (AvgIpc) is 3.29. The molecule has 3 aromatic heterocycles. The molecule has 3 aromatic rings. The van der Waals surface area contributed by atoms with Gasteiger partial charge in [0.25, 0.3) is 5.91 Å². The van der Waals surface area contributed by atoms with Crippen molar-refractivity contribution in [3.05, 3.63) is 41.9 Å². The van der Waals surface area contributed by atoms with Crippen LogP contribution in [-0.2, 0) is 6.54 Å². The number of piperidine rings is 1. The van der Waals surface area contributed by atoms with Crippen molar-refractivity contribution in [3.63, 3.8) is 0 Å². The van der Waals surface area contributed by atoms with Gasteiger partial charge in [0.1, 0.15) is 5.69 Å². The van der Waals surface area contributed by atoms with Crippen LogP contribution >= 0.6 is 11.3 Å². The first-order valence-electron chi connectivity index (χ1n) is 8.14. The minimum Gasteiger partial charge on any atom is -0.350 e. The molecule has 23 heavy (non-hydrogen) atoms. The van der Waals surface area contributed by atoms with Crippen LogP contribution in [0.25, 0.3) is 10.2 Å². The number of nitrogens with zero attached hydrogens (tertiary/aromatic N) is 3. The molecule has 1 aliphatic rings. The highest BCUT2D eigenvalue weighted by atomic mass is 32.1. The van der Waals surface area contributed by atoms with Gasteiger partial charge in [-0.1, -0.05) is 0 Å². The smallest absolute Gasteiger partial charge is 0.270 e. The third-order valence-corrected chi connectivity index (χ3v) is 5.50. The number of thiophene rings is 1. The summed E-state index contributed by atoms with van der Waals surface area (Å²) < 4.78 is 3.24. The summed E-state index contributed by atoms with van der Waals surface area (Å²) in [5.74, 6) is 0.142. The van der Waals surface area contributed by atoms with Crippen molar-refractivity contribution in [3.8, 4) is 0 Å². The van der Waals surface area contributed by atoms with Crippen LogP contribution in [0.3, 0.4) is 0 Å². The third kappa shape index (κ3) is 2.91. The number of aromatic amines is 1. The van der Waals surface area contributed by atoms with E-state index in [0.29, 0.717) is 6.04 Å². The molecule has 0 aliphatic carbocycles. The second-order valence-electron chi connectivity index (χ2n) is 6.12. The Balaban J connectivity index is 1.49. The summed E-state index contributed by atoms with van der Waals surface area (Å²) in [6.07, 6.45) is 10.0. The first kappa shape index (κ1) is 14.5. The number of nitrogens with one attached hydrogen (secondary N) is 1. The van der Waals surface area contributed by atoms with Gasteiger partial charge < -0.3 is 14.5 Å². The lowest BCUT2D eigenvalue weighted by atomic mass is 9.99. The molecule has 1 atom stereocenters. The van der Waals surface area contributed by atoms with Gasteiger partial charge in [-0.15, -0.1) is 11.3 Å². The zero-order valence-corrected chi connectivity index (χ0v) is 13.8. The van der Waals surface area contributed by atoms with Crippen LogP contribution in [-0.4, -0.2) is 37.9 Å². The normalized spacial score (nSPS) is 18.6. The molecule has 1 aliphatic heterocycles. The number of hydrogen-bond acceptors (Lipinski definition) is 3. The molecular formula is C17H20N4OS. The molecule has 1 N–H and O–H groups in total. The molecule has 1 amide bonds. The molecule has 0 bridgehead atoms. The van der Waals surface area contributed by atoms with Gasteiger partial charge in [-0.3, -0.25) is 4.79 Å². The van der Waals surface area contributed by atoms with Crippen molar-refractivity contribution < 1.29 is 4.79 Å².